The molecule has 0 aliphatic heterocycles. The van der Waals surface area contributed by atoms with E-state index in [1.165, 1.54) is 23.9 Å². The Kier molecular flexibility index (Phi) is 4.76. The van der Waals surface area contributed by atoms with E-state index in [0.29, 0.717) is 21.7 Å². The van der Waals surface area contributed by atoms with Crippen molar-refractivity contribution in [1.82, 2.24) is 9.97 Å². The third-order valence-electron chi connectivity index (χ3n) is 2.44. The van der Waals surface area contributed by atoms with Crippen LogP contribution < -0.4 is 0 Å². The summed E-state index contributed by atoms with van der Waals surface area (Å²) in [4.78, 5) is 8.35. The van der Waals surface area contributed by atoms with Crippen molar-refractivity contribution in [2.24, 2.45) is 0 Å². The van der Waals surface area contributed by atoms with Gasteiger partial charge in [0.15, 0.2) is 5.16 Å². The fraction of sp³-hybridized carbons (Fsp3) is 0.167. The zero-order valence-electron chi connectivity index (χ0n) is 9.75. The molecule has 2 rings (SSSR count). The second-order valence-corrected chi connectivity index (χ2v) is 5.28. The van der Waals surface area contributed by atoms with Gasteiger partial charge < -0.3 is 0 Å². The van der Waals surface area contributed by atoms with Crippen molar-refractivity contribution in [3.05, 3.63) is 40.6 Å². The zero-order chi connectivity index (χ0) is 14.0. The zero-order valence-corrected chi connectivity index (χ0v) is 12.9. The standard InChI is InChI=1S/C12H8BrClF2N2S/c1-19-12-17-10(8(5-13)11(14)18-12)7-3-2-6(15)4-9(7)16/h2-4H,5H2,1H3. The Morgan fingerprint density at radius 2 is 2.05 bits per heavy atom. The van der Waals surface area contributed by atoms with E-state index in [9.17, 15) is 8.78 Å². The van der Waals surface area contributed by atoms with Gasteiger partial charge in [-0.3, -0.25) is 0 Å². The molecule has 0 saturated heterocycles. The molecule has 0 fully saturated rings. The number of alkyl halides is 1. The van der Waals surface area contributed by atoms with Crippen LogP contribution in [0.1, 0.15) is 5.56 Å². The summed E-state index contributed by atoms with van der Waals surface area (Å²) in [5, 5.41) is 1.08. The van der Waals surface area contributed by atoms with Crippen LogP contribution in [0.25, 0.3) is 11.3 Å². The highest BCUT2D eigenvalue weighted by molar-refractivity contribution is 9.08. The minimum absolute atomic E-state index is 0.204. The van der Waals surface area contributed by atoms with Crippen molar-refractivity contribution < 1.29 is 8.78 Å². The predicted octanol–water partition coefficient (Wildman–Crippen LogP) is 4.69. The van der Waals surface area contributed by atoms with E-state index in [4.69, 9.17) is 11.6 Å². The van der Waals surface area contributed by atoms with Gasteiger partial charge in [0.05, 0.1) is 5.69 Å². The topological polar surface area (TPSA) is 25.8 Å². The first-order chi connectivity index (χ1) is 9.06. The fourth-order valence-electron chi connectivity index (χ4n) is 1.55. The second-order valence-electron chi connectivity index (χ2n) is 3.59. The molecule has 2 nitrogen and oxygen atoms in total. The van der Waals surface area contributed by atoms with Gasteiger partial charge in [0.25, 0.3) is 0 Å². The molecular weight excluding hydrogens is 358 g/mol. The number of hydrogen-bond donors (Lipinski definition) is 0. The second kappa shape index (κ2) is 6.15. The molecule has 1 heterocycles. The maximum Gasteiger partial charge on any atom is 0.189 e. The summed E-state index contributed by atoms with van der Waals surface area (Å²) < 4.78 is 26.8. The molecule has 2 aromatic rings. The van der Waals surface area contributed by atoms with Gasteiger partial charge >= 0.3 is 0 Å². The van der Waals surface area contributed by atoms with Crippen LogP contribution in [0.15, 0.2) is 23.4 Å². The van der Waals surface area contributed by atoms with Crippen LogP contribution in [0, 0.1) is 11.6 Å². The third kappa shape index (κ3) is 3.07. The monoisotopic (exact) mass is 364 g/mol. The van der Waals surface area contributed by atoms with Crippen molar-refractivity contribution in [3.8, 4) is 11.3 Å². The molecule has 0 saturated carbocycles. The van der Waals surface area contributed by atoms with Crippen molar-refractivity contribution in [1.29, 1.82) is 0 Å². The van der Waals surface area contributed by atoms with Crippen LogP contribution in [0.2, 0.25) is 5.15 Å². The average molecular weight is 366 g/mol. The molecule has 7 heteroatoms. The van der Waals surface area contributed by atoms with E-state index in [-0.39, 0.29) is 10.7 Å². The number of thioether (sulfide) groups is 1. The largest absolute Gasteiger partial charge is 0.222 e. The molecule has 0 amide bonds. The number of hydrogen-bond acceptors (Lipinski definition) is 3. The van der Waals surface area contributed by atoms with Crippen molar-refractivity contribution in [3.63, 3.8) is 0 Å². The predicted molar refractivity (Wildman–Crippen MR) is 76.8 cm³/mol. The number of nitrogens with zero attached hydrogens (tertiary/aromatic N) is 2. The number of aromatic nitrogens is 2. The Labute approximate surface area is 126 Å². The molecule has 1 aromatic carbocycles. The molecule has 1 aromatic heterocycles. The molecule has 0 bridgehead atoms. The molecule has 100 valence electrons. The molecule has 0 radical (unpaired) electrons. The van der Waals surface area contributed by atoms with E-state index in [1.807, 2.05) is 0 Å². The SMILES string of the molecule is CSc1nc(Cl)c(CBr)c(-c2ccc(F)cc2F)n1. The van der Waals surface area contributed by atoms with Crippen LogP contribution in [-0.2, 0) is 5.33 Å². The van der Waals surface area contributed by atoms with Crippen LogP contribution in [0.5, 0.6) is 0 Å². The van der Waals surface area contributed by atoms with Crippen LogP contribution in [-0.4, -0.2) is 16.2 Å². The minimum Gasteiger partial charge on any atom is -0.222 e. The minimum atomic E-state index is -0.677. The molecule has 0 spiro atoms. The molecular formula is C12H8BrClF2N2S. The van der Waals surface area contributed by atoms with Crippen LogP contribution in [0.4, 0.5) is 8.78 Å². The number of benzene rings is 1. The highest BCUT2D eigenvalue weighted by Gasteiger charge is 2.17. The van der Waals surface area contributed by atoms with Crippen LogP contribution in [0.3, 0.4) is 0 Å². The summed E-state index contributed by atoms with van der Waals surface area (Å²) in [6.45, 7) is 0. The van der Waals surface area contributed by atoms with Gasteiger partial charge in [0.1, 0.15) is 16.8 Å². The highest BCUT2D eigenvalue weighted by Crippen LogP contribution is 2.31. The summed E-state index contributed by atoms with van der Waals surface area (Å²) in [7, 11) is 0. The van der Waals surface area contributed by atoms with Gasteiger partial charge in [-0.05, 0) is 18.4 Å². The molecule has 0 aliphatic rings. The van der Waals surface area contributed by atoms with Crippen LogP contribution >= 0.6 is 39.3 Å². The normalized spacial score (nSPS) is 10.8. The molecule has 0 unspecified atom stereocenters. The van der Waals surface area contributed by atoms with Gasteiger partial charge in [-0.2, -0.15) is 0 Å². The van der Waals surface area contributed by atoms with E-state index in [0.717, 1.165) is 6.07 Å². The lowest BCUT2D eigenvalue weighted by Crippen LogP contribution is -1.99. The Balaban J connectivity index is 2.69. The molecule has 0 N–H and O–H groups in total. The summed E-state index contributed by atoms with van der Waals surface area (Å²) in [6, 6.07) is 3.35. The molecule has 0 aliphatic carbocycles. The van der Waals surface area contributed by atoms with Gasteiger partial charge in [-0.1, -0.05) is 39.3 Å². The van der Waals surface area contributed by atoms with Crippen molar-refractivity contribution >= 4 is 39.3 Å². The van der Waals surface area contributed by atoms with E-state index >= 15 is 0 Å². The lowest BCUT2D eigenvalue weighted by atomic mass is 10.1. The maximum atomic E-state index is 13.9. The van der Waals surface area contributed by atoms with Crippen molar-refractivity contribution in [2.45, 2.75) is 10.5 Å². The molecule has 0 atom stereocenters. The first kappa shape index (κ1) is 14.7. The van der Waals surface area contributed by atoms with Crippen molar-refractivity contribution in [2.75, 3.05) is 6.26 Å². The highest BCUT2D eigenvalue weighted by atomic mass is 79.9. The fourth-order valence-corrected chi connectivity index (χ4v) is 2.90. The summed E-state index contributed by atoms with van der Waals surface area (Å²) >= 11 is 10.6. The molecule has 19 heavy (non-hydrogen) atoms. The van der Waals surface area contributed by atoms with Gasteiger partial charge in [-0.15, -0.1) is 0 Å². The lowest BCUT2D eigenvalue weighted by molar-refractivity contribution is 0.585. The number of rotatable bonds is 3. The van der Waals surface area contributed by atoms with Gasteiger partial charge in [-0.25, -0.2) is 18.7 Å². The Hall–Kier alpha value is -0.720. The Morgan fingerprint density at radius 1 is 1.32 bits per heavy atom. The summed E-state index contributed by atoms with van der Waals surface area (Å²) in [6.07, 6.45) is 1.80. The third-order valence-corrected chi connectivity index (χ3v) is 3.86. The first-order valence-electron chi connectivity index (χ1n) is 5.18. The summed E-state index contributed by atoms with van der Waals surface area (Å²) in [5.41, 5.74) is 1.15. The lowest BCUT2D eigenvalue weighted by Gasteiger charge is -2.10. The maximum absolute atomic E-state index is 13.9. The average Bonchev–Trinajstić information content (AvgIpc) is 2.37. The van der Waals surface area contributed by atoms with E-state index in [1.54, 1.807) is 6.26 Å². The summed E-state index contributed by atoms with van der Waals surface area (Å²) in [5.74, 6) is -1.31. The Bertz CT molecular complexity index is 625. The Morgan fingerprint density at radius 3 is 2.63 bits per heavy atom. The van der Waals surface area contributed by atoms with Gasteiger partial charge in [0.2, 0.25) is 0 Å². The quantitative estimate of drug-likeness (QED) is 0.341. The van der Waals surface area contributed by atoms with Gasteiger partial charge in [0, 0.05) is 22.5 Å². The smallest absolute Gasteiger partial charge is 0.189 e. The van der Waals surface area contributed by atoms with E-state index < -0.39 is 11.6 Å². The van der Waals surface area contributed by atoms with E-state index in [2.05, 4.69) is 25.9 Å². The number of halogens is 4. The first-order valence-corrected chi connectivity index (χ1v) is 7.91.